The molecule has 0 aliphatic heterocycles. The van der Waals surface area contributed by atoms with E-state index in [1.54, 1.807) is 11.4 Å². The smallest absolute Gasteiger partial charge is 0.335 e. The molecule has 1 aromatic heterocycles. The van der Waals surface area contributed by atoms with Crippen LogP contribution in [-0.4, -0.2) is 11.1 Å². The van der Waals surface area contributed by atoms with Gasteiger partial charge in [0.25, 0.3) is 0 Å². The molecule has 1 aromatic carbocycles. The zero-order valence-electron chi connectivity index (χ0n) is 7.91. The number of carbonyl (C=O) groups is 1. The van der Waals surface area contributed by atoms with Gasteiger partial charge < -0.3 is 5.11 Å². The molecule has 0 aliphatic rings. The maximum Gasteiger partial charge on any atom is 0.335 e. The Bertz CT molecular complexity index is 551. The highest BCUT2D eigenvalue weighted by Gasteiger charge is 2.11. The summed E-state index contributed by atoms with van der Waals surface area (Å²) in [4.78, 5) is 11.4. The number of halogens is 2. The third-order valence-electron chi connectivity index (χ3n) is 2.02. The van der Waals surface area contributed by atoms with Crippen molar-refractivity contribution in [1.29, 1.82) is 0 Å². The van der Waals surface area contributed by atoms with Gasteiger partial charge in [-0.15, -0.1) is 11.3 Å². The Balaban J connectivity index is 2.58. The lowest BCUT2D eigenvalue weighted by atomic mass is 10.1. The van der Waals surface area contributed by atoms with Crippen molar-refractivity contribution in [1.82, 2.24) is 0 Å². The van der Waals surface area contributed by atoms with Crippen LogP contribution in [0, 0.1) is 5.82 Å². The fraction of sp³-hybridized carbons (Fsp3) is 0. The van der Waals surface area contributed by atoms with Gasteiger partial charge in [0.1, 0.15) is 5.82 Å². The fourth-order valence-corrected chi connectivity index (χ4v) is 2.50. The number of carboxylic acid groups (broad SMARTS) is 1. The van der Waals surface area contributed by atoms with Crippen molar-refractivity contribution in [2.24, 2.45) is 0 Å². The van der Waals surface area contributed by atoms with E-state index >= 15 is 0 Å². The van der Waals surface area contributed by atoms with E-state index in [1.807, 2.05) is 0 Å². The molecule has 0 spiro atoms. The quantitative estimate of drug-likeness (QED) is 0.885. The third-order valence-corrected chi connectivity index (χ3v) is 3.41. The Kier molecular flexibility index (Phi) is 2.94. The van der Waals surface area contributed by atoms with Gasteiger partial charge in [-0.05, 0) is 35.2 Å². The summed E-state index contributed by atoms with van der Waals surface area (Å²) >= 11 is 7.24. The molecular weight excluding hydrogens is 251 g/mol. The number of hydrogen-bond donors (Lipinski definition) is 1. The van der Waals surface area contributed by atoms with Crippen LogP contribution in [0.3, 0.4) is 0 Å². The van der Waals surface area contributed by atoms with Crippen LogP contribution in [0.2, 0.25) is 5.02 Å². The average molecular weight is 257 g/mol. The van der Waals surface area contributed by atoms with E-state index in [1.165, 1.54) is 23.5 Å². The molecule has 0 amide bonds. The van der Waals surface area contributed by atoms with Crippen molar-refractivity contribution >= 4 is 28.9 Å². The number of benzene rings is 1. The minimum absolute atomic E-state index is 0.0838. The standard InChI is InChI=1S/C11H6ClFO2S/c12-9-1-2-16-10(9)6-3-7(11(14)15)5-8(13)4-6/h1-5H,(H,14,15). The van der Waals surface area contributed by atoms with Gasteiger partial charge in [0.2, 0.25) is 0 Å². The second-order valence-electron chi connectivity index (χ2n) is 3.13. The number of aromatic carboxylic acids is 1. The van der Waals surface area contributed by atoms with E-state index in [9.17, 15) is 9.18 Å². The van der Waals surface area contributed by atoms with E-state index in [-0.39, 0.29) is 5.56 Å². The summed E-state index contributed by atoms with van der Waals surface area (Å²) in [5.41, 5.74) is 0.400. The molecule has 0 bridgehead atoms. The van der Waals surface area contributed by atoms with Gasteiger partial charge in [-0.2, -0.15) is 0 Å². The van der Waals surface area contributed by atoms with Crippen molar-refractivity contribution in [2.75, 3.05) is 0 Å². The highest BCUT2D eigenvalue weighted by atomic mass is 35.5. The summed E-state index contributed by atoms with van der Waals surface area (Å²) in [6, 6.07) is 5.34. The first-order valence-electron chi connectivity index (χ1n) is 4.35. The summed E-state index contributed by atoms with van der Waals surface area (Å²) in [5.74, 6) is -1.74. The monoisotopic (exact) mass is 256 g/mol. The second kappa shape index (κ2) is 4.23. The molecule has 1 heterocycles. The van der Waals surface area contributed by atoms with Gasteiger partial charge in [-0.1, -0.05) is 11.6 Å². The van der Waals surface area contributed by atoms with Crippen LogP contribution in [0.25, 0.3) is 10.4 Å². The van der Waals surface area contributed by atoms with Crippen LogP contribution in [0.5, 0.6) is 0 Å². The minimum Gasteiger partial charge on any atom is -0.478 e. The van der Waals surface area contributed by atoms with E-state index in [4.69, 9.17) is 16.7 Å². The molecule has 5 heteroatoms. The average Bonchev–Trinajstić information content (AvgIpc) is 2.63. The fourth-order valence-electron chi connectivity index (χ4n) is 1.34. The van der Waals surface area contributed by atoms with Crippen molar-refractivity contribution in [3.05, 3.63) is 46.0 Å². The summed E-state index contributed by atoms with van der Waals surface area (Å²) in [6.45, 7) is 0. The predicted molar refractivity (Wildman–Crippen MR) is 61.7 cm³/mol. The molecule has 82 valence electrons. The zero-order valence-corrected chi connectivity index (χ0v) is 9.48. The molecule has 0 saturated heterocycles. The van der Waals surface area contributed by atoms with Crippen molar-refractivity contribution in [3.63, 3.8) is 0 Å². The van der Waals surface area contributed by atoms with Gasteiger partial charge in [-0.25, -0.2) is 9.18 Å². The molecule has 0 aliphatic carbocycles. The van der Waals surface area contributed by atoms with Crippen LogP contribution in [0.15, 0.2) is 29.6 Å². The van der Waals surface area contributed by atoms with Gasteiger partial charge in [0, 0.05) is 0 Å². The first-order valence-corrected chi connectivity index (χ1v) is 5.61. The normalized spacial score (nSPS) is 10.4. The van der Waals surface area contributed by atoms with Crippen LogP contribution >= 0.6 is 22.9 Å². The van der Waals surface area contributed by atoms with Crippen LogP contribution in [-0.2, 0) is 0 Å². The first kappa shape index (κ1) is 11.1. The highest BCUT2D eigenvalue weighted by molar-refractivity contribution is 7.14. The molecular formula is C11H6ClFO2S. The van der Waals surface area contributed by atoms with Gasteiger partial charge >= 0.3 is 5.97 Å². The lowest BCUT2D eigenvalue weighted by Crippen LogP contribution is -1.97. The molecule has 0 saturated carbocycles. The molecule has 2 aromatic rings. The van der Waals surface area contributed by atoms with Crippen LogP contribution in [0.4, 0.5) is 4.39 Å². The van der Waals surface area contributed by atoms with Crippen LogP contribution in [0.1, 0.15) is 10.4 Å². The Morgan fingerprint density at radius 1 is 1.38 bits per heavy atom. The minimum atomic E-state index is -1.16. The molecule has 2 nitrogen and oxygen atoms in total. The zero-order chi connectivity index (χ0) is 11.7. The Morgan fingerprint density at radius 3 is 2.69 bits per heavy atom. The first-order chi connectivity index (χ1) is 7.58. The third kappa shape index (κ3) is 2.08. The lowest BCUT2D eigenvalue weighted by molar-refractivity contribution is 0.0696. The number of thiophene rings is 1. The van der Waals surface area contributed by atoms with Gasteiger partial charge in [-0.3, -0.25) is 0 Å². The van der Waals surface area contributed by atoms with Crippen molar-refractivity contribution < 1.29 is 14.3 Å². The maximum atomic E-state index is 13.2. The molecule has 16 heavy (non-hydrogen) atoms. The maximum absolute atomic E-state index is 13.2. The highest BCUT2D eigenvalue weighted by Crippen LogP contribution is 2.33. The molecule has 0 fully saturated rings. The Morgan fingerprint density at radius 2 is 2.12 bits per heavy atom. The molecule has 2 rings (SSSR count). The summed E-state index contributed by atoms with van der Waals surface area (Å²) in [7, 11) is 0. The second-order valence-corrected chi connectivity index (χ2v) is 4.45. The molecule has 1 N–H and O–H groups in total. The van der Waals surface area contributed by atoms with E-state index in [0.29, 0.717) is 15.5 Å². The van der Waals surface area contributed by atoms with Gasteiger partial charge in [0.05, 0.1) is 15.5 Å². The van der Waals surface area contributed by atoms with E-state index in [0.717, 1.165) is 6.07 Å². The summed E-state index contributed by atoms with van der Waals surface area (Å²) < 4.78 is 13.2. The Labute approximate surface area is 99.9 Å². The number of carboxylic acids is 1. The van der Waals surface area contributed by atoms with E-state index in [2.05, 4.69) is 0 Å². The molecule has 0 atom stereocenters. The SMILES string of the molecule is O=C(O)c1cc(F)cc(-c2sccc2Cl)c1. The summed E-state index contributed by atoms with van der Waals surface area (Å²) in [6.07, 6.45) is 0. The molecule has 0 unspecified atom stereocenters. The van der Waals surface area contributed by atoms with Crippen molar-refractivity contribution in [2.45, 2.75) is 0 Å². The number of rotatable bonds is 2. The van der Waals surface area contributed by atoms with E-state index < -0.39 is 11.8 Å². The Hall–Kier alpha value is -1.39. The predicted octanol–water partition coefficient (Wildman–Crippen LogP) is 3.91. The largest absolute Gasteiger partial charge is 0.478 e. The topological polar surface area (TPSA) is 37.3 Å². The lowest BCUT2D eigenvalue weighted by Gasteiger charge is -2.02. The van der Waals surface area contributed by atoms with Crippen LogP contribution < -0.4 is 0 Å². The molecule has 0 radical (unpaired) electrons. The van der Waals surface area contributed by atoms with Gasteiger partial charge in [0.15, 0.2) is 0 Å². The number of hydrogen-bond acceptors (Lipinski definition) is 2. The van der Waals surface area contributed by atoms with Crippen molar-refractivity contribution in [3.8, 4) is 10.4 Å². The summed E-state index contributed by atoms with van der Waals surface area (Å²) in [5, 5.41) is 11.1.